The summed E-state index contributed by atoms with van der Waals surface area (Å²) in [5.41, 5.74) is -0.639. The number of hydrogen-bond acceptors (Lipinski definition) is 5. The third-order valence-electron chi connectivity index (χ3n) is 1.59. The minimum absolute atomic E-state index is 0.322. The molecule has 6 heteroatoms. The fourth-order valence-electron chi connectivity index (χ4n) is 0.934. The van der Waals surface area contributed by atoms with E-state index < -0.39 is 23.7 Å². The van der Waals surface area contributed by atoms with Crippen LogP contribution in [0.1, 0.15) is 27.2 Å². The van der Waals surface area contributed by atoms with E-state index in [-0.39, 0.29) is 0 Å². The summed E-state index contributed by atoms with van der Waals surface area (Å²) in [6.07, 6.45) is 1.45. The van der Waals surface area contributed by atoms with Gasteiger partial charge in [-0.2, -0.15) is 11.8 Å². The number of carbonyl (C=O) groups excluding carboxylic acids is 2. The van der Waals surface area contributed by atoms with Crippen molar-refractivity contribution in [2.45, 2.75) is 38.8 Å². The quantitative estimate of drug-likeness (QED) is 0.761. The molecule has 0 spiro atoms. The summed E-state index contributed by atoms with van der Waals surface area (Å²) in [5, 5.41) is 13.0. The lowest BCUT2D eigenvalue weighted by molar-refractivity contribution is -0.308. The van der Waals surface area contributed by atoms with Crippen LogP contribution in [0.25, 0.3) is 0 Å². The van der Waals surface area contributed by atoms with Gasteiger partial charge in [-0.3, -0.25) is 0 Å². The highest BCUT2D eigenvalue weighted by Crippen LogP contribution is 2.07. The predicted molar refractivity (Wildman–Crippen MR) is 61.2 cm³/mol. The molecule has 1 N–H and O–H groups in total. The molecule has 0 saturated heterocycles. The predicted octanol–water partition coefficient (Wildman–Crippen LogP) is 0.383. The van der Waals surface area contributed by atoms with Crippen LogP contribution in [-0.2, 0) is 9.53 Å². The molecular formula is C10H18NO4S-. The lowest BCUT2D eigenvalue weighted by Crippen LogP contribution is -2.49. The van der Waals surface area contributed by atoms with Crippen molar-refractivity contribution < 1.29 is 19.4 Å². The maximum atomic E-state index is 11.3. The zero-order valence-electron chi connectivity index (χ0n) is 10.0. The Morgan fingerprint density at radius 2 is 2.00 bits per heavy atom. The fourth-order valence-corrected chi connectivity index (χ4v) is 1.41. The van der Waals surface area contributed by atoms with Gasteiger partial charge in [0.25, 0.3) is 0 Å². The van der Waals surface area contributed by atoms with Gasteiger partial charge in [-0.1, -0.05) is 0 Å². The second kappa shape index (κ2) is 6.62. The molecule has 0 fully saturated rings. The first-order valence-corrected chi connectivity index (χ1v) is 6.35. The Labute approximate surface area is 99.9 Å². The van der Waals surface area contributed by atoms with Crippen molar-refractivity contribution in [1.29, 1.82) is 0 Å². The van der Waals surface area contributed by atoms with Crippen molar-refractivity contribution >= 4 is 23.8 Å². The molecule has 0 aromatic carbocycles. The monoisotopic (exact) mass is 248 g/mol. The highest BCUT2D eigenvalue weighted by Gasteiger charge is 2.19. The maximum Gasteiger partial charge on any atom is 0.408 e. The number of carboxylic acid groups (broad SMARTS) is 1. The van der Waals surface area contributed by atoms with E-state index in [1.807, 2.05) is 6.26 Å². The number of rotatable bonds is 5. The Kier molecular flexibility index (Phi) is 6.25. The van der Waals surface area contributed by atoms with Gasteiger partial charge in [0.1, 0.15) is 5.60 Å². The van der Waals surface area contributed by atoms with Crippen molar-refractivity contribution in [2.24, 2.45) is 0 Å². The molecule has 0 aromatic heterocycles. The zero-order valence-corrected chi connectivity index (χ0v) is 10.8. The molecule has 94 valence electrons. The first-order valence-electron chi connectivity index (χ1n) is 4.95. The summed E-state index contributed by atoms with van der Waals surface area (Å²) in [6, 6.07) is -0.998. The van der Waals surface area contributed by atoms with Gasteiger partial charge < -0.3 is 20.0 Å². The normalized spacial score (nSPS) is 13.0. The van der Waals surface area contributed by atoms with E-state index in [0.29, 0.717) is 12.2 Å². The molecule has 16 heavy (non-hydrogen) atoms. The van der Waals surface area contributed by atoms with Crippen molar-refractivity contribution in [3.63, 3.8) is 0 Å². The summed E-state index contributed by atoms with van der Waals surface area (Å²) in [6.45, 7) is 5.13. The summed E-state index contributed by atoms with van der Waals surface area (Å²) in [4.78, 5) is 22.0. The third kappa shape index (κ3) is 7.39. The molecule has 0 heterocycles. The number of nitrogens with one attached hydrogen (secondary N) is 1. The topological polar surface area (TPSA) is 78.5 Å². The van der Waals surface area contributed by atoms with Crippen LogP contribution in [0, 0.1) is 0 Å². The lowest BCUT2D eigenvalue weighted by atomic mass is 10.2. The van der Waals surface area contributed by atoms with Crippen molar-refractivity contribution in [2.75, 3.05) is 12.0 Å². The average molecular weight is 248 g/mol. The number of hydrogen-bond donors (Lipinski definition) is 1. The van der Waals surface area contributed by atoms with Crippen molar-refractivity contribution in [3.8, 4) is 0 Å². The first-order chi connectivity index (χ1) is 7.26. The maximum absolute atomic E-state index is 11.3. The largest absolute Gasteiger partial charge is 0.548 e. The summed E-state index contributed by atoms with van der Waals surface area (Å²) >= 11 is 1.50. The molecule has 0 rings (SSSR count). The minimum Gasteiger partial charge on any atom is -0.548 e. The van der Waals surface area contributed by atoms with Crippen LogP contribution < -0.4 is 10.4 Å². The number of amides is 1. The third-order valence-corrected chi connectivity index (χ3v) is 2.23. The van der Waals surface area contributed by atoms with Crippen LogP contribution in [0.15, 0.2) is 0 Å². The molecule has 0 radical (unpaired) electrons. The Morgan fingerprint density at radius 1 is 1.44 bits per heavy atom. The molecule has 1 atom stereocenters. The molecule has 0 aromatic rings. The standard InChI is InChI=1S/C10H19NO4S/c1-10(2,3)15-9(14)11-7(8(12)13)5-6-16-4/h7H,5-6H2,1-4H3,(H,11,14)(H,12,13)/p-1/t7-/m0/s1. The highest BCUT2D eigenvalue weighted by atomic mass is 32.2. The van der Waals surface area contributed by atoms with Gasteiger partial charge in [0.05, 0.1) is 12.0 Å². The lowest BCUT2D eigenvalue weighted by Gasteiger charge is -2.24. The molecule has 0 aliphatic rings. The van der Waals surface area contributed by atoms with Gasteiger partial charge in [-0.05, 0) is 39.2 Å². The van der Waals surface area contributed by atoms with Gasteiger partial charge in [0, 0.05) is 0 Å². The number of alkyl carbamates (subject to hydrolysis) is 1. The van der Waals surface area contributed by atoms with E-state index in [0.717, 1.165) is 0 Å². The number of carbonyl (C=O) groups is 2. The second-order valence-corrected chi connectivity index (χ2v) is 5.28. The summed E-state index contributed by atoms with van der Waals surface area (Å²) < 4.78 is 4.95. The molecule has 0 aliphatic heterocycles. The van der Waals surface area contributed by atoms with Gasteiger partial charge in [0.15, 0.2) is 0 Å². The van der Waals surface area contributed by atoms with Gasteiger partial charge in [0.2, 0.25) is 0 Å². The van der Waals surface area contributed by atoms with E-state index in [2.05, 4.69) is 5.32 Å². The van der Waals surface area contributed by atoms with Crippen LogP contribution in [-0.4, -0.2) is 35.7 Å². The van der Waals surface area contributed by atoms with Gasteiger partial charge in [-0.15, -0.1) is 0 Å². The average Bonchev–Trinajstić information content (AvgIpc) is 2.08. The van der Waals surface area contributed by atoms with E-state index in [1.54, 1.807) is 20.8 Å². The summed E-state index contributed by atoms with van der Waals surface area (Å²) in [5.74, 6) is -0.658. The van der Waals surface area contributed by atoms with Crippen LogP contribution in [0.4, 0.5) is 4.79 Å². The number of ether oxygens (including phenoxy) is 1. The number of thioether (sulfide) groups is 1. The minimum atomic E-state index is -1.29. The molecule has 0 bridgehead atoms. The van der Waals surface area contributed by atoms with E-state index in [9.17, 15) is 14.7 Å². The molecule has 1 amide bonds. The van der Waals surface area contributed by atoms with Gasteiger partial charge >= 0.3 is 6.09 Å². The van der Waals surface area contributed by atoms with Crippen molar-refractivity contribution in [1.82, 2.24) is 5.32 Å². The Morgan fingerprint density at radius 3 is 2.38 bits per heavy atom. The first kappa shape index (κ1) is 15.1. The van der Waals surface area contributed by atoms with Gasteiger partial charge in [-0.25, -0.2) is 4.79 Å². The molecule has 0 saturated carbocycles. The molecular weight excluding hydrogens is 230 g/mol. The van der Waals surface area contributed by atoms with Crippen LogP contribution in [0.3, 0.4) is 0 Å². The van der Waals surface area contributed by atoms with Crippen LogP contribution in [0.5, 0.6) is 0 Å². The van der Waals surface area contributed by atoms with E-state index in [4.69, 9.17) is 4.74 Å². The van der Waals surface area contributed by atoms with E-state index in [1.165, 1.54) is 11.8 Å². The van der Waals surface area contributed by atoms with Crippen LogP contribution >= 0.6 is 11.8 Å². The Hall–Kier alpha value is -0.910. The number of carboxylic acids is 1. The van der Waals surface area contributed by atoms with Crippen molar-refractivity contribution in [3.05, 3.63) is 0 Å². The molecule has 5 nitrogen and oxygen atoms in total. The smallest absolute Gasteiger partial charge is 0.408 e. The highest BCUT2D eigenvalue weighted by molar-refractivity contribution is 7.98. The molecule has 0 unspecified atom stereocenters. The second-order valence-electron chi connectivity index (χ2n) is 4.30. The zero-order chi connectivity index (χ0) is 12.8. The summed E-state index contributed by atoms with van der Waals surface area (Å²) in [7, 11) is 0. The van der Waals surface area contributed by atoms with Crippen LogP contribution in [0.2, 0.25) is 0 Å². The fraction of sp³-hybridized carbons (Fsp3) is 0.800. The molecule has 0 aliphatic carbocycles. The Balaban J connectivity index is 4.19. The number of aliphatic carboxylic acids is 1. The SMILES string of the molecule is CSCC[C@H](NC(=O)OC(C)(C)C)C(=O)[O-]. The van der Waals surface area contributed by atoms with E-state index >= 15 is 0 Å². The Bertz CT molecular complexity index is 250.